The molecule has 0 saturated heterocycles. The van der Waals surface area contributed by atoms with Gasteiger partial charge in [0.2, 0.25) is 5.91 Å². The number of anilines is 1. The summed E-state index contributed by atoms with van der Waals surface area (Å²) in [6.45, 7) is 5.19. The van der Waals surface area contributed by atoms with Gasteiger partial charge in [0.15, 0.2) is 0 Å². The van der Waals surface area contributed by atoms with Crippen LogP contribution in [0.15, 0.2) is 35.7 Å². The van der Waals surface area contributed by atoms with Gasteiger partial charge in [0, 0.05) is 23.6 Å². The number of hydrogen-bond acceptors (Lipinski definition) is 6. The number of carbonyl (C=O) groups is 1. The fourth-order valence-corrected chi connectivity index (χ4v) is 3.16. The number of thiophene rings is 1. The Labute approximate surface area is 150 Å². The van der Waals surface area contributed by atoms with Crippen molar-refractivity contribution in [1.82, 2.24) is 4.90 Å². The summed E-state index contributed by atoms with van der Waals surface area (Å²) in [6.07, 6.45) is 0. The molecular weight excluding hydrogens is 342 g/mol. The zero-order chi connectivity index (χ0) is 18.4. The van der Waals surface area contributed by atoms with E-state index in [2.05, 4.69) is 5.32 Å². The molecule has 0 bridgehead atoms. The fourth-order valence-electron chi connectivity index (χ4n) is 2.44. The monoisotopic (exact) mass is 363 g/mol. The predicted molar refractivity (Wildman–Crippen MR) is 98.1 cm³/mol. The van der Waals surface area contributed by atoms with Crippen LogP contribution in [0.4, 0.5) is 11.4 Å². The first-order valence-corrected chi connectivity index (χ1v) is 8.74. The molecule has 0 unspecified atom stereocenters. The van der Waals surface area contributed by atoms with Crippen LogP contribution in [0.1, 0.15) is 18.7 Å². The van der Waals surface area contributed by atoms with E-state index in [1.54, 1.807) is 11.3 Å². The number of methoxy groups -OCH3 is 1. The Morgan fingerprint density at radius 3 is 2.76 bits per heavy atom. The second-order valence-electron chi connectivity index (χ2n) is 5.45. The highest BCUT2D eigenvalue weighted by Crippen LogP contribution is 2.29. The fraction of sp³-hybridized carbons (Fsp3) is 0.353. The van der Waals surface area contributed by atoms with Crippen molar-refractivity contribution in [2.24, 2.45) is 0 Å². The Balaban J connectivity index is 2.14. The summed E-state index contributed by atoms with van der Waals surface area (Å²) in [5, 5.41) is 15.7. The van der Waals surface area contributed by atoms with E-state index in [0.29, 0.717) is 24.5 Å². The number of nitrogens with zero attached hydrogens (tertiary/aromatic N) is 2. The number of amides is 1. The number of nitro groups is 1. The molecule has 1 aromatic heterocycles. The molecule has 1 aromatic carbocycles. The average molecular weight is 363 g/mol. The van der Waals surface area contributed by atoms with Gasteiger partial charge >= 0.3 is 0 Å². The molecule has 1 N–H and O–H groups in total. The summed E-state index contributed by atoms with van der Waals surface area (Å²) in [6, 6.07) is 7.73. The van der Waals surface area contributed by atoms with E-state index in [1.165, 1.54) is 30.2 Å². The second kappa shape index (κ2) is 8.59. The number of nitrogens with one attached hydrogen (secondary N) is 1. The minimum Gasteiger partial charge on any atom is -0.495 e. The zero-order valence-corrected chi connectivity index (χ0v) is 15.2. The lowest BCUT2D eigenvalue weighted by Crippen LogP contribution is -2.41. The molecule has 0 aliphatic rings. The summed E-state index contributed by atoms with van der Waals surface area (Å²) in [7, 11) is 1.45. The Hall–Kier alpha value is -2.45. The van der Waals surface area contributed by atoms with E-state index < -0.39 is 11.0 Å². The molecule has 2 aromatic rings. The predicted octanol–water partition coefficient (Wildman–Crippen LogP) is 3.51. The molecule has 0 aliphatic carbocycles. The van der Waals surface area contributed by atoms with Crippen molar-refractivity contribution in [2.75, 3.05) is 19.0 Å². The first-order chi connectivity index (χ1) is 12.0. The smallest absolute Gasteiger partial charge is 0.271 e. The van der Waals surface area contributed by atoms with Gasteiger partial charge in [-0.3, -0.25) is 19.8 Å². The highest BCUT2D eigenvalue weighted by molar-refractivity contribution is 7.09. The third kappa shape index (κ3) is 4.77. The number of hydrogen-bond donors (Lipinski definition) is 1. The minimum atomic E-state index is -0.506. The van der Waals surface area contributed by atoms with Crippen LogP contribution in [0, 0.1) is 10.1 Å². The van der Waals surface area contributed by atoms with Crippen molar-refractivity contribution in [3.05, 3.63) is 50.7 Å². The first kappa shape index (κ1) is 18.9. The van der Waals surface area contributed by atoms with Gasteiger partial charge in [-0.2, -0.15) is 0 Å². The molecule has 0 fully saturated rings. The third-order valence-corrected chi connectivity index (χ3v) is 4.79. The van der Waals surface area contributed by atoms with E-state index in [0.717, 1.165) is 0 Å². The van der Waals surface area contributed by atoms with Crippen LogP contribution in [0.3, 0.4) is 0 Å². The lowest BCUT2D eigenvalue weighted by Gasteiger charge is -2.26. The van der Waals surface area contributed by atoms with Crippen LogP contribution in [0.5, 0.6) is 5.75 Å². The van der Waals surface area contributed by atoms with Crippen LogP contribution < -0.4 is 10.1 Å². The van der Waals surface area contributed by atoms with Gasteiger partial charge < -0.3 is 10.1 Å². The Morgan fingerprint density at radius 1 is 1.44 bits per heavy atom. The summed E-state index contributed by atoms with van der Waals surface area (Å²) >= 11 is 1.64. The topological polar surface area (TPSA) is 84.7 Å². The average Bonchev–Trinajstić information content (AvgIpc) is 3.12. The molecule has 8 heteroatoms. The van der Waals surface area contributed by atoms with Crippen molar-refractivity contribution in [1.29, 1.82) is 0 Å². The normalized spacial score (nSPS) is 12.0. The summed E-state index contributed by atoms with van der Waals surface area (Å²) in [5.41, 5.74) is 0.190. The SMILES string of the molecule is CCN(Cc1cccs1)[C@H](C)C(=O)Nc1cc([N+](=O)[O-])ccc1OC. The molecule has 0 radical (unpaired) electrons. The van der Waals surface area contributed by atoms with Crippen LogP contribution in [-0.4, -0.2) is 35.4 Å². The van der Waals surface area contributed by atoms with Crippen molar-refractivity contribution in [2.45, 2.75) is 26.4 Å². The van der Waals surface area contributed by atoms with Gasteiger partial charge in [-0.15, -0.1) is 11.3 Å². The second-order valence-corrected chi connectivity index (χ2v) is 6.48. The number of nitro benzene ring substituents is 1. The molecule has 1 amide bonds. The van der Waals surface area contributed by atoms with Crippen molar-refractivity contribution < 1.29 is 14.5 Å². The number of ether oxygens (including phenoxy) is 1. The molecule has 1 atom stereocenters. The number of benzene rings is 1. The molecule has 1 heterocycles. The van der Waals surface area contributed by atoms with Gasteiger partial charge in [0.05, 0.1) is 23.8 Å². The third-order valence-electron chi connectivity index (χ3n) is 3.92. The molecule has 134 valence electrons. The van der Waals surface area contributed by atoms with Crippen molar-refractivity contribution in [3.8, 4) is 5.75 Å². The maximum Gasteiger partial charge on any atom is 0.271 e. The quantitative estimate of drug-likeness (QED) is 0.573. The van der Waals surface area contributed by atoms with Gasteiger partial charge in [-0.05, 0) is 31.0 Å². The molecule has 0 aliphatic heterocycles. The molecule has 0 saturated carbocycles. The largest absolute Gasteiger partial charge is 0.495 e. The lowest BCUT2D eigenvalue weighted by atomic mass is 10.2. The maximum atomic E-state index is 12.6. The summed E-state index contributed by atoms with van der Waals surface area (Å²) < 4.78 is 5.18. The Kier molecular flexibility index (Phi) is 6.49. The number of likely N-dealkylation sites (N-methyl/N-ethyl adjacent to an activating group) is 1. The molecule has 0 spiro atoms. The molecular formula is C17H21N3O4S. The Morgan fingerprint density at radius 2 is 2.20 bits per heavy atom. The van der Waals surface area contributed by atoms with Crippen LogP contribution in [0.25, 0.3) is 0 Å². The van der Waals surface area contributed by atoms with Crippen LogP contribution in [-0.2, 0) is 11.3 Å². The zero-order valence-electron chi connectivity index (χ0n) is 14.4. The van der Waals surface area contributed by atoms with Gasteiger partial charge in [0.1, 0.15) is 5.75 Å². The van der Waals surface area contributed by atoms with Crippen LogP contribution in [0.2, 0.25) is 0 Å². The highest BCUT2D eigenvalue weighted by atomic mass is 32.1. The first-order valence-electron chi connectivity index (χ1n) is 7.86. The highest BCUT2D eigenvalue weighted by Gasteiger charge is 2.22. The minimum absolute atomic E-state index is 0.102. The molecule has 7 nitrogen and oxygen atoms in total. The summed E-state index contributed by atoms with van der Waals surface area (Å²) in [5.74, 6) is 0.143. The van der Waals surface area contributed by atoms with E-state index in [1.807, 2.05) is 36.3 Å². The van der Waals surface area contributed by atoms with Gasteiger partial charge in [-0.1, -0.05) is 13.0 Å². The van der Waals surface area contributed by atoms with Crippen molar-refractivity contribution in [3.63, 3.8) is 0 Å². The Bertz CT molecular complexity index is 733. The molecule has 2 rings (SSSR count). The molecule has 25 heavy (non-hydrogen) atoms. The van der Waals surface area contributed by atoms with Crippen LogP contribution >= 0.6 is 11.3 Å². The number of rotatable bonds is 8. The van der Waals surface area contributed by atoms with E-state index in [-0.39, 0.29) is 11.6 Å². The number of non-ortho nitro benzene ring substituents is 1. The summed E-state index contributed by atoms with van der Waals surface area (Å²) in [4.78, 5) is 26.3. The van der Waals surface area contributed by atoms with E-state index in [9.17, 15) is 14.9 Å². The lowest BCUT2D eigenvalue weighted by molar-refractivity contribution is -0.384. The van der Waals surface area contributed by atoms with E-state index >= 15 is 0 Å². The van der Waals surface area contributed by atoms with Gasteiger partial charge in [0.25, 0.3) is 5.69 Å². The number of carbonyl (C=O) groups excluding carboxylic acids is 1. The maximum absolute atomic E-state index is 12.6. The van der Waals surface area contributed by atoms with E-state index in [4.69, 9.17) is 4.74 Å². The van der Waals surface area contributed by atoms with Gasteiger partial charge in [-0.25, -0.2) is 0 Å². The van der Waals surface area contributed by atoms with Crippen molar-refractivity contribution >= 4 is 28.6 Å². The standard InChI is InChI=1S/C17H21N3O4S/c1-4-19(11-14-6-5-9-25-14)12(2)17(21)18-15-10-13(20(22)23)7-8-16(15)24-3/h5-10,12H,4,11H2,1-3H3,(H,18,21)/t12-/m1/s1.